The van der Waals surface area contributed by atoms with Crippen LogP contribution in [0.3, 0.4) is 0 Å². The van der Waals surface area contributed by atoms with Crippen LogP contribution in [0.4, 0.5) is 0 Å². The molecule has 0 aromatic carbocycles. The van der Waals surface area contributed by atoms with E-state index in [0.29, 0.717) is 6.42 Å². The van der Waals surface area contributed by atoms with E-state index in [2.05, 4.69) is 12.2 Å². The normalized spacial score (nSPS) is 32.5. The molecule has 7 heteroatoms. The lowest BCUT2D eigenvalue weighted by molar-refractivity contribution is -0.240. The van der Waals surface area contributed by atoms with Gasteiger partial charge in [0.15, 0.2) is 17.9 Å². The molecule has 3 saturated heterocycles. The van der Waals surface area contributed by atoms with Gasteiger partial charge in [-0.1, -0.05) is 71.1 Å². The first kappa shape index (κ1) is 28.3. The summed E-state index contributed by atoms with van der Waals surface area (Å²) in [6.07, 6.45) is 13.6. The van der Waals surface area contributed by atoms with Crippen LogP contribution >= 0.6 is 0 Å². The Bertz CT molecular complexity index is 585. The average molecular weight is 486 g/mol. The maximum Gasteiger partial charge on any atom is 0.190 e. The highest BCUT2D eigenvalue weighted by Gasteiger charge is 2.61. The fourth-order valence-corrected chi connectivity index (χ4v) is 5.56. The van der Waals surface area contributed by atoms with Gasteiger partial charge in [-0.05, 0) is 47.1 Å². The molecule has 34 heavy (non-hydrogen) atoms. The molecule has 3 fully saturated rings. The van der Waals surface area contributed by atoms with Crippen LogP contribution in [0.15, 0.2) is 0 Å². The molecule has 0 radical (unpaired) electrons. The Morgan fingerprint density at radius 1 is 0.706 bits per heavy atom. The third kappa shape index (κ3) is 8.12. The van der Waals surface area contributed by atoms with Gasteiger partial charge >= 0.3 is 0 Å². The zero-order chi connectivity index (χ0) is 24.6. The number of hydrogen-bond donors (Lipinski definition) is 2. The third-order valence-electron chi connectivity index (χ3n) is 7.21. The molecule has 0 bridgehead atoms. The van der Waals surface area contributed by atoms with E-state index in [0.717, 1.165) is 13.0 Å². The second-order valence-electron chi connectivity index (χ2n) is 11.2. The van der Waals surface area contributed by atoms with Gasteiger partial charge in [-0.2, -0.15) is 0 Å². The van der Waals surface area contributed by atoms with E-state index in [1.54, 1.807) is 0 Å². The summed E-state index contributed by atoms with van der Waals surface area (Å²) in [4.78, 5) is 0. The summed E-state index contributed by atoms with van der Waals surface area (Å²) in [5, 5.41) is 13.4. The topological polar surface area (TPSA) is 78.4 Å². The Hall–Kier alpha value is -0.280. The van der Waals surface area contributed by atoms with Crippen molar-refractivity contribution in [1.29, 1.82) is 0 Å². The number of nitrogens with one attached hydrogen (secondary N) is 1. The quantitative estimate of drug-likeness (QED) is 0.297. The largest absolute Gasteiger partial charge is 0.396 e. The second-order valence-corrected chi connectivity index (χ2v) is 11.2. The Kier molecular flexibility index (Phi) is 11.1. The minimum absolute atomic E-state index is 0.0358. The molecule has 2 N–H and O–H groups in total. The fourth-order valence-electron chi connectivity index (χ4n) is 5.56. The molecule has 6 atom stereocenters. The Balaban J connectivity index is 1.41. The summed E-state index contributed by atoms with van der Waals surface area (Å²) >= 11 is 0. The van der Waals surface area contributed by atoms with Crippen LogP contribution in [-0.4, -0.2) is 66.6 Å². The Morgan fingerprint density at radius 2 is 1.24 bits per heavy atom. The van der Waals surface area contributed by atoms with Crippen molar-refractivity contribution in [3.05, 3.63) is 0 Å². The zero-order valence-corrected chi connectivity index (χ0v) is 22.4. The van der Waals surface area contributed by atoms with Crippen molar-refractivity contribution in [2.75, 3.05) is 13.2 Å². The lowest BCUT2D eigenvalue weighted by Gasteiger charge is -2.41. The number of aliphatic hydroxyl groups is 1. The summed E-state index contributed by atoms with van der Waals surface area (Å²) < 4.78 is 31.1. The molecular formula is C27H51NO6. The van der Waals surface area contributed by atoms with Crippen LogP contribution in [0.2, 0.25) is 0 Å². The lowest BCUT2D eigenvalue weighted by atomic mass is 9.92. The predicted molar refractivity (Wildman–Crippen MR) is 132 cm³/mol. The summed E-state index contributed by atoms with van der Waals surface area (Å²) in [6.45, 7) is 10.9. The molecule has 3 aliphatic heterocycles. The van der Waals surface area contributed by atoms with Crippen LogP contribution in [0.5, 0.6) is 0 Å². The number of unbranched alkanes of at least 4 members (excludes halogenated alkanes) is 10. The molecule has 7 nitrogen and oxygen atoms in total. The third-order valence-corrected chi connectivity index (χ3v) is 7.21. The maximum absolute atomic E-state index is 9.75. The van der Waals surface area contributed by atoms with Gasteiger partial charge in [0.05, 0.1) is 0 Å². The second kappa shape index (κ2) is 13.3. The molecule has 0 spiro atoms. The molecule has 3 aliphatic rings. The first-order valence-electron chi connectivity index (χ1n) is 14.0. The lowest BCUT2D eigenvalue weighted by Crippen LogP contribution is -2.61. The van der Waals surface area contributed by atoms with E-state index in [9.17, 15) is 5.11 Å². The number of fused-ring (bicyclic) bond motifs is 3. The van der Waals surface area contributed by atoms with Gasteiger partial charge in [-0.25, -0.2) is 0 Å². The molecule has 3 heterocycles. The molecule has 0 aromatic heterocycles. The van der Waals surface area contributed by atoms with Gasteiger partial charge in [-0.15, -0.1) is 0 Å². The van der Waals surface area contributed by atoms with E-state index in [4.69, 9.17) is 23.7 Å². The van der Waals surface area contributed by atoms with Gasteiger partial charge in [0.25, 0.3) is 0 Å². The highest BCUT2D eigenvalue weighted by Crippen LogP contribution is 2.44. The van der Waals surface area contributed by atoms with Crippen molar-refractivity contribution >= 4 is 0 Å². The minimum Gasteiger partial charge on any atom is -0.396 e. The average Bonchev–Trinajstić information content (AvgIpc) is 3.27. The summed E-state index contributed by atoms with van der Waals surface area (Å²) in [5.74, 6) is -1.43. The van der Waals surface area contributed by atoms with Crippen LogP contribution in [0.25, 0.3) is 0 Å². The van der Waals surface area contributed by atoms with Crippen molar-refractivity contribution in [1.82, 2.24) is 5.32 Å². The standard InChI is InChI=1S/C27H51NO6/c1-6-7-8-9-10-11-12-13-14-15-16-18-28-20(17-19-29)21-22-23(32-26(2,3)31-22)24-25(30-21)34-27(4,5)33-24/h20-25,28-29H,6-19H2,1-5H3/t20?,21-,22?,23?,24?,25?/m1/s1. The predicted octanol–water partition coefficient (Wildman–Crippen LogP) is 5.03. The summed E-state index contributed by atoms with van der Waals surface area (Å²) in [7, 11) is 0. The molecule has 5 unspecified atom stereocenters. The number of ether oxygens (including phenoxy) is 5. The maximum atomic E-state index is 9.75. The van der Waals surface area contributed by atoms with Crippen molar-refractivity contribution < 1.29 is 28.8 Å². The highest BCUT2D eigenvalue weighted by atomic mass is 16.9. The van der Waals surface area contributed by atoms with Crippen molar-refractivity contribution in [3.8, 4) is 0 Å². The zero-order valence-electron chi connectivity index (χ0n) is 22.4. The number of hydrogen-bond acceptors (Lipinski definition) is 7. The van der Waals surface area contributed by atoms with E-state index >= 15 is 0 Å². The molecule has 200 valence electrons. The van der Waals surface area contributed by atoms with Gasteiger partial charge in [0, 0.05) is 12.6 Å². The van der Waals surface area contributed by atoms with Crippen LogP contribution < -0.4 is 5.32 Å². The van der Waals surface area contributed by atoms with Gasteiger partial charge < -0.3 is 34.1 Å². The Morgan fingerprint density at radius 3 is 1.85 bits per heavy atom. The van der Waals surface area contributed by atoms with Crippen LogP contribution in [-0.2, 0) is 23.7 Å². The highest BCUT2D eigenvalue weighted by molar-refractivity contribution is 5.03. The molecule has 0 aliphatic carbocycles. The van der Waals surface area contributed by atoms with E-state index in [-0.39, 0.29) is 37.1 Å². The molecule has 0 amide bonds. The van der Waals surface area contributed by atoms with Gasteiger partial charge in [0.1, 0.15) is 24.4 Å². The fraction of sp³-hybridized carbons (Fsp3) is 1.00. The van der Waals surface area contributed by atoms with E-state index in [1.165, 1.54) is 64.2 Å². The van der Waals surface area contributed by atoms with Crippen LogP contribution in [0, 0.1) is 0 Å². The first-order valence-corrected chi connectivity index (χ1v) is 14.0. The first-order chi connectivity index (χ1) is 16.3. The number of aliphatic hydroxyl groups excluding tert-OH is 1. The smallest absolute Gasteiger partial charge is 0.190 e. The van der Waals surface area contributed by atoms with Crippen molar-refractivity contribution in [2.24, 2.45) is 0 Å². The number of rotatable bonds is 16. The van der Waals surface area contributed by atoms with Gasteiger partial charge in [-0.3, -0.25) is 0 Å². The Labute approximate surface area is 207 Å². The molecule has 0 aromatic rings. The van der Waals surface area contributed by atoms with E-state index in [1.807, 2.05) is 27.7 Å². The molecule has 0 saturated carbocycles. The SMILES string of the molecule is CCCCCCCCCCCCCNC(CCO)[C@H]1OC2OC(C)(C)OC2C2OC(C)(C)OC21. The molecular weight excluding hydrogens is 434 g/mol. The van der Waals surface area contributed by atoms with Gasteiger partial charge in [0.2, 0.25) is 0 Å². The van der Waals surface area contributed by atoms with Crippen molar-refractivity contribution in [2.45, 2.75) is 160 Å². The summed E-state index contributed by atoms with van der Waals surface area (Å²) in [5.41, 5.74) is 0. The molecule has 3 rings (SSSR count). The van der Waals surface area contributed by atoms with Crippen molar-refractivity contribution in [3.63, 3.8) is 0 Å². The minimum atomic E-state index is -0.722. The van der Waals surface area contributed by atoms with Crippen LogP contribution in [0.1, 0.15) is 112 Å². The summed E-state index contributed by atoms with van der Waals surface area (Å²) in [6, 6.07) is -0.0358. The van der Waals surface area contributed by atoms with E-state index < -0.39 is 17.9 Å². The monoisotopic (exact) mass is 485 g/mol.